The summed E-state index contributed by atoms with van der Waals surface area (Å²) >= 11 is 0. The minimum Gasteiger partial charge on any atom is -0.325 e. The van der Waals surface area contributed by atoms with Gasteiger partial charge >= 0.3 is 0 Å². The predicted octanol–water partition coefficient (Wildman–Crippen LogP) is 4.50. The summed E-state index contributed by atoms with van der Waals surface area (Å²) in [5.74, 6) is 3.83. The van der Waals surface area contributed by atoms with Crippen molar-refractivity contribution in [3.05, 3.63) is 0 Å². The van der Waals surface area contributed by atoms with Gasteiger partial charge in [0.1, 0.15) is 0 Å². The molecule has 0 saturated heterocycles. The third-order valence-corrected chi connectivity index (χ3v) is 6.32. The number of rotatable bonds is 3. The summed E-state index contributed by atoms with van der Waals surface area (Å²) in [6, 6.07) is 0. The lowest BCUT2D eigenvalue weighted by atomic mass is 9.60. The first-order valence-corrected chi connectivity index (χ1v) is 8.52. The largest absolute Gasteiger partial charge is 0.325 e. The monoisotopic (exact) mass is 249 g/mol. The van der Waals surface area contributed by atoms with Gasteiger partial charge in [-0.1, -0.05) is 45.4 Å². The van der Waals surface area contributed by atoms with Gasteiger partial charge in [-0.2, -0.15) is 0 Å². The third-order valence-electron chi connectivity index (χ3n) is 6.32. The van der Waals surface area contributed by atoms with E-state index < -0.39 is 0 Å². The van der Waals surface area contributed by atoms with Crippen LogP contribution in [0.15, 0.2) is 0 Å². The molecule has 3 aliphatic carbocycles. The van der Waals surface area contributed by atoms with Gasteiger partial charge in [-0.15, -0.1) is 0 Å². The zero-order valence-corrected chi connectivity index (χ0v) is 12.2. The van der Waals surface area contributed by atoms with E-state index in [2.05, 4.69) is 6.92 Å². The van der Waals surface area contributed by atoms with Crippen molar-refractivity contribution in [2.75, 3.05) is 0 Å². The minimum absolute atomic E-state index is 0.215. The third kappa shape index (κ3) is 2.48. The van der Waals surface area contributed by atoms with Crippen LogP contribution in [0, 0.1) is 23.7 Å². The van der Waals surface area contributed by atoms with E-state index in [1.165, 1.54) is 70.6 Å². The Morgan fingerprint density at radius 3 is 2.44 bits per heavy atom. The molecule has 3 rings (SSSR count). The lowest BCUT2D eigenvalue weighted by molar-refractivity contribution is 0.0694. The molecule has 1 nitrogen and oxygen atoms in total. The van der Waals surface area contributed by atoms with Crippen LogP contribution in [0.25, 0.3) is 0 Å². The van der Waals surface area contributed by atoms with Gasteiger partial charge in [0.05, 0.1) is 0 Å². The zero-order valence-electron chi connectivity index (χ0n) is 12.2. The Labute approximate surface area is 113 Å². The fourth-order valence-electron chi connectivity index (χ4n) is 5.15. The summed E-state index contributed by atoms with van der Waals surface area (Å²) in [5.41, 5.74) is 7.17. The molecule has 0 amide bonds. The molecule has 3 fully saturated rings. The average Bonchev–Trinajstić information content (AvgIpc) is 3.23. The van der Waals surface area contributed by atoms with Crippen molar-refractivity contribution in [1.29, 1.82) is 0 Å². The highest BCUT2D eigenvalue weighted by atomic mass is 14.8. The first-order valence-electron chi connectivity index (χ1n) is 8.52. The number of nitrogens with two attached hydrogens (primary N) is 1. The Hall–Kier alpha value is -0.0400. The predicted molar refractivity (Wildman–Crippen MR) is 77.3 cm³/mol. The topological polar surface area (TPSA) is 26.0 Å². The van der Waals surface area contributed by atoms with Crippen LogP contribution in [-0.4, -0.2) is 5.54 Å². The summed E-state index contributed by atoms with van der Waals surface area (Å²) < 4.78 is 0. The quantitative estimate of drug-likeness (QED) is 0.783. The minimum atomic E-state index is 0.215. The molecule has 3 aliphatic rings. The molecule has 18 heavy (non-hydrogen) atoms. The molecular formula is C17H31N. The van der Waals surface area contributed by atoms with E-state index in [-0.39, 0.29) is 5.54 Å². The van der Waals surface area contributed by atoms with E-state index in [9.17, 15) is 0 Å². The summed E-state index contributed by atoms with van der Waals surface area (Å²) in [5, 5.41) is 0. The van der Waals surface area contributed by atoms with Gasteiger partial charge in [-0.3, -0.25) is 0 Å². The first-order chi connectivity index (χ1) is 8.73. The first kappa shape index (κ1) is 13.0. The van der Waals surface area contributed by atoms with E-state index >= 15 is 0 Å². The van der Waals surface area contributed by atoms with E-state index in [0.717, 1.165) is 23.7 Å². The zero-order chi connectivity index (χ0) is 12.6. The molecule has 0 radical (unpaired) electrons. The van der Waals surface area contributed by atoms with Gasteiger partial charge in [0.2, 0.25) is 0 Å². The SMILES string of the molecule is CCC1CCCCC1C1(N)CCCC(C2CC2)C1. The fourth-order valence-corrected chi connectivity index (χ4v) is 5.15. The van der Waals surface area contributed by atoms with Crippen LogP contribution in [-0.2, 0) is 0 Å². The maximum Gasteiger partial charge on any atom is 0.0188 e. The van der Waals surface area contributed by atoms with Crippen molar-refractivity contribution in [1.82, 2.24) is 0 Å². The molecule has 2 N–H and O–H groups in total. The Balaban J connectivity index is 1.70. The van der Waals surface area contributed by atoms with Crippen LogP contribution in [0.1, 0.15) is 77.6 Å². The highest BCUT2D eigenvalue weighted by Crippen LogP contribution is 2.51. The van der Waals surface area contributed by atoms with Crippen LogP contribution >= 0.6 is 0 Å². The molecule has 104 valence electrons. The highest BCUT2D eigenvalue weighted by Gasteiger charge is 2.46. The average molecular weight is 249 g/mol. The van der Waals surface area contributed by atoms with E-state index in [4.69, 9.17) is 5.73 Å². The molecule has 1 heteroatoms. The molecule has 3 saturated carbocycles. The lowest BCUT2D eigenvalue weighted by Crippen LogP contribution is -2.54. The molecule has 0 aromatic rings. The smallest absolute Gasteiger partial charge is 0.0188 e. The highest BCUT2D eigenvalue weighted by molar-refractivity contribution is 5.01. The van der Waals surface area contributed by atoms with Crippen molar-refractivity contribution < 1.29 is 0 Å². The maximum atomic E-state index is 6.96. The van der Waals surface area contributed by atoms with Crippen LogP contribution in [0.2, 0.25) is 0 Å². The van der Waals surface area contributed by atoms with Crippen molar-refractivity contribution in [3.63, 3.8) is 0 Å². The fraction of sp³-hybridized carbons (Fsp3) is 1.00. The van der Waals surface area contributed by atoms with Gasteiger partial charge in [0.25, 0.3) is 0 Å². The second-order valence-corrected chi connectivity index (χ2v) is 7.49. The number of hydrogen-bond donors (Lipinski definition) is 1. The van der Waals surface area contributed by atoms with Gasteiger partial charge in [0.15, 0.2) is 0 Å². The van der Waals surface area contributed by atoms with Crippen molar-refractivity contribution in [2.24, 2.45) is 29.4 Å². The second-order valence-electron chi connectivity index (χ2n) is 7.49. The van der Waals surface area contributed by atoms with Crippen LogP contribution < -0.4 is 5.73 Å². The Morgan fingerprint density at radius 2 is 1.72 bits per heavy atom. The summed E-state index contributed by atoms with van der Waals surface area (Å²) in [7, 11) is 0. The van der Waals surface area contributed by atoms with Gasteiger partial charge < -0.3 is 5.73 Å². The van der Waals surface area contributed by atoms with Crippen molar-refractivity contribution in [2.45, 2.75) is 83.1 Å². The molecule has 0 heterocycles. The normalized spacial score (nSPS) is 46.0. The summed E-state index contributed by atoms with van der Waals surface area (Å²) in [4.78, 5) is 0. The molecule has 0 bridgehead atoms. The van der Waals surface area contributed by atoms with E-state index in [1.807, 2.05) is 0 Å². The molecule has 4 unspecified atom stereocenters. The Morgan fingerprint density at radius 1 is 0.944 bits per heavy atom. The molecular weight excluding hydrogens is 218 g/mol. The summed E-state index contributed by atoms with van der Waals surface area (Å²) in [6.45, 7) is 2.38. The van der Waals surface area contributed by atoms with Gasteiger partial charge in [-0.25, -0.2) is 0 Å². The van der Waals surface area contributed by atoms with Crippen molar-refractivity contribution in [3.8, 4) is 0 Å². The second kappa shape index (κ2) is 5.15. The maximum absolute atomic E-state index is 6.96. The van der Waals surface area contributed by atoms with Crippen LogP contribution in [0.5, 0.6) is 0 Å². The molecule has 4 atom stereocenters. The van der Waals surface area contributed by atoms with Crippen LogP contribution in [0.4, 0.5) is 0 Å². The Bertz CT molecular complexity index is 283. The Kier molecular flexibility index (Phi) is 3.71. The number of hydrogen-bond acceptors (Lipinski definition) is 1. The van der Waals surface area contributed by atoms with Gasteiger partial charge in [-0.05, 0) is 55.8 Å². The lowest BCUT2D eigenvalue weighted by Gasteiger charge is -2.48. The molecule has 0 aromatic heterocycles. The van der Waals surface area contributed by atoms with E-state index in [1.54, 1.807) is 0 Å². The standard InChI is InChI=1S/C17H31N/c1-2-13-6-3-4-8-16(13)17(18)11-5-7-15(12-17)14-9-10-14/h13-16H,2-12,18H2,1H3. The summed E-state index contributed by atoms with van der Waals surface area (Å²) in [6.07, 6.45) is 15.7. The van der Waals surface area contributed by atoms with Crippen LogP contribution in [0.3, 0.4) is 0 Å². The van der Waals surface area contributed by atoms with Crippen molar-refractivity contribution >= 4 is 0 Å². The molecule has 0 aliphatic heterocycles. The molecule has 0 aromatic carbocycles. The van der Waals surface area contributed by atoms with Gasteiger partial charge in [0, 0.05) is 5.54 Å². The van der Waals surface area contributed by atoms with E-state index in [0.29, 0.717) is 0 Å². The molecule has 0 spiro atoms.